The van der Waals surface area contributed by atoms with Crippen LogP contribution in [0.25, 0.3) is 0 Å². The average molecular weight is 244 g/mol. The standard InChI is InChI=1S/C12H18ClNO2/c1-8-5-10(14-12(2,3)7-15)11(16-4)6-9(8)13/h5-6,14-15H,7H2,1-4H3. The smallest absolute Gasteiger partial charge is 0.143 e. The van der Waals surface area contributed by atoms with Gasteiger partial charge < -0.3 is 15.2 Å². The maximum absolute atomic E-state index is 9.21. The zero-order valence-electron chi connectivity index (χ0n) is 10.1. The van der Waals surface area contributed by atoms with Crippen LogP contribution in [0.15, 0.2) is 12.1 Å². The van der Waals surface area contributed by atoms with Gasteiger partial charge in [-0.15, -0.1) is 0 Å². The molecule has 0 unspecified atom stereocenters. The molecule has 2 N–H and O–H groups in total. The summed E-state index contributed by atoms with van der Waals surface area (Å²) in [6.07, 6.45) is 0. The molecule has 16 heavy (non-hydrogen) atoms. The lowest BCUT2D eigenvalue weighted by molar-refractivity contribution is 0.234. The lowest BCUT2D eigenvalue weighted by atomic mass is 10.1. The zero-order valence-corrected chi connectivity index (χ0v) is 10.9. The highest BCUT2D eigenvalue weighted by atomic mass is 35.5. The van der Waals surface area contributed by atoms with E-state index in [0.29, 0.717) is 10.8 Å². The van der Waals surface area contributed by atoms with Gasteiger partial charge in [0, 0.05) is 11.1 Å². The Balaban J connectivity index is 3.08. The van der Waals surface area contributed by atoms with E-state index >= 15 is 0 Å². The van der Waals surface area contributed by atoms with E-state index in [2.05, 4.69) is 5.32 Å². The van der Waals surface area contributed by atoms with Crippen LogP contribution in [0.2, 0.25) is 5.02 Å². The number of methoxy groups -OCH3 is 1. The number of anilines is 1. The molecule has 4 heteroatoms. The Bertz CT molecular complexity index is 378. The van der Waals surface area contributed by atoms with Gasteiger partial charge in [-0.25, -0.2) is 0 Å². The monoisotopic (exact) mass is 243 g/mol. The van der Waals surface area contributed by atoms with Gasteiger partial charge in [-0.3, -0.25) is 0 Å². The van der Waals surface area contributed by atoms with E-state index in [9.17, 15) is 5.11 Å². The van der Waals surface area contributed by atoms with Gasteiger partial charge in [0.2, 0.25) is 0 Å². The molecule has 90 valence electrons. The molecule has 0 saturated heterocycles. The fraction of sp³-hybridized carbons (Fsp3) is 0.500. The Hall–Kier alpha value is -0.930. The summed E-state index contributed by atoms with van der Waals surface area (Å²) in [5.41, 5.74) is 1.41. The fourth-order valence-electron chi connectivity index (χ4n) is 1.33. The quantitative estimate of drug-likeness (QED) is 0.855. The first kappa shape index (κ1) is 13.1. The van der Waals surface area contributed by atoms with E-state index in [-0.39, 0.29) is 6.61 Å². The highest BCUT2D eigenvalue weighted by Crippen LogP contribution is 2.32. The largest absolute Gasteiger partial charge is 0.495 e. The Morgan fingerprint density at radius 2 is 2.06 bits per heavy atom. The van der Waals surface area contributed by atoms with Crippen molar-refractivity contribution in [1.82, 2.24) is 0 Å². The van der Waals surface area contributed by atoms with Crippen molar-refractivity contribution in [1.29, 1.82) is 0 Å². The van der Waals surface area contributed by atoms with E-state index in [0.717, 1.165) is 11.3 Å². The molecule has 0 heterocycles. The molecule has 0 aromatic heterocycles. The molecule has 0 atom stereocenters. The summed E-state index contributed by atoms with van der Waals surface area (Å²) in [6.45, 7) is 5.80. The van der Waals surface area contributed by atoms with Crippen molar-refractivity contribution in [2.45, 2.75) is 26.3 Å². The van der Waals surface area contributed by atoms with E-state index in [1.54, 1.807) is 13.2 Å². The number of aliphatic hydroxyl groups is 1. The Kier molecular flexibility index (Phi) is 4.05. The topological polar surface area (TPSA) is 41.5 Å². The minimum atomic E-state index is -0.395. The lowest BCUT2D eigenvalue weighted by Crippen LogP contribution is -2.35. The number of ether oxygens (including phenoxy) is 1. The first-order valence-corrected chi connectivity index (χ1v) is 5.50. The average Bonchev–Trinajstić information content (AvgIpc) is 2.22. The molecule has 0 spiro atoms. The predicted molar refractivity (Wildman–Crippen MR) is 67.5 cm³/mol. The lowest BCUT2D eigenvalue weighted by Gasteiger charge is -2.26. The molecule has 0 fully saturated rings. The highest BCUT2D eigenvalue weighted by Gasteiger charge is 2.18. The molecule has 3 nitrogen and oxygen atoms in total. The van der Waals surface area contributed by atoms with Gasteiger partial charge in [0.25, 0.3) is 0 Å². The second-order valence-electron chi connectivity index (χ2n) is 4.47. The molecule has 0 aliphatic heterocycles. The highest BCUT2D eigenvalue weighted by molar-refractivity contribution is 6.31. The number of halogens is 1. The molecule has 0 bridgehead atoms. The molecule has 0 aliphatic carbocycles. The van der Waals surface area contributed by atoms with Crippen molar-refractivity contribution >= 4 is 17.3 Å². The maximum atomic E-state index is 9.21. The summed E-state index contributed by atoms with van der Waals surface area (Å²) < 4.78 is 5.24. The normalized spacial score (nSPS) is 11.4. The molecule has 0 amide bonds. The first-order chi connectivity index (χ1) is 7.39. The third-order valence-corrected chi connectivity index (χ3v) is 2.76. The van der Waals surface area contributed by atoms with Crippen LogP contribution in [0, 0.1) is 6.92 Å². The second-order valence-corrected chi connectivity index (χ2v) is 4.88. The third-order valence-electron chi connectivity index (χ3n) is 2.35. The van der Waals surface area contributed by atoms with Gasteiger partial charge >= 0.3 is 0 Å². The number of hydrogen-bond donors (Lipinski definition) is 2. The molecule has 0 saturated carbocycles. The van der Waals surface area contributed by atoms with Crippen molar-refractivity contribution in [3.63, 3.8) is 0 Å². The summed E-state index contributed by atoms with van der Waals surface area (Å²) in [7, 11) is 1.60. The minimum absolute atomic E-state index is 0.0395. The van der Waals surface area contributed by atoms with Crippen LogP contribution < -0.4 is 10.1 Å². The molecule has 1 aromatic carbocycles. The van der Waals surface area contributed by atoms with Crippen molar-refractivity contribution in [2.24, 2.45) is 0 Å². The number of nitrogens with one attached hydrogen (secondary N) is 1. The van der Waals surface area contributed by atoms with E-state index < -0.39 is 5.54 Å². The Morgan fingerprint density at radius 1 is 1.44 bits per heavy atom. The fourth-order valence-corrected chi connectivity index (χ4v) is 1.49. The number of rotatable bonds is 4. The second kappa shape index (κ2) is 4.93. The van der Waals surface area contributed by atoms with Gasteiger partial charge in [-0.2, -0.15) is 0 Å². The summed E-state index contributed by atoms with van der Waals surface area (Å²) in [5.74, 6) is 0.678. The molecule has 0 aliphatic rings. The summed E-state index contributed by atoms with van der Waals surface area (Å²) in [6, 6.07) is 3.69. The SMILES string of the molecule is COc1cc(Cl)c(C)cc1NC(C)(C)CO. The van der Waals surface area contributed by atoms with Crippen LogP contribution in [0.1, 0.15) is 19.4 Å². The van der Waals surface area contributed by atoms with Gasteiger partial charge in [0.1, 0.15) is 5.75 Å². The number of aliphatic hydroxyl groups excluding tert-OH is 1. The molecule has 0 radical (unpaired) electrons. The van der Waals surface area contributed by atoms with E-state index in [1.165, 1.54) is 0 Å². The van der Waals surface area contributed by atoms with Crippen LogP contribution in [0.4, 0.5) is 5.69 Å². The van der Waals surface area contributed by atoms with Crippen LogP contribution in [0.3, 0.4) is 0 Å². The van der Waals surface area contributed by atoms with Crippen LogP contribution in [-0.4, -0.2) is 24.4 Å². The van der Waals surface area contributed by atoms with E-state index in [1.807, 2.05) is 26.8 Å². The Labute approximate surface area is 101 Å². The summed E-state index contributed by atoms with van der Waals surface area (Å²) >= 11 is 6.01. The van der Waals surface area contributed by atoms with Crippen LogP contribution >= 0.6 is 11.6 Å². The predicted octanol–water partition coefficient (Wildman–Crippen LogP) is 2.84. The molecular formula is C12H18ClNO2. The first-order valence-electron chi connectivity index (χ1n) is 5.13. The Morgan fingerprint density at radius 3 is 2.56 bits per heavy atom. The van der Waals surface area contributed by atoms with Crippen molar-refractivity contribution < 1.29 is 9.84 Å². The third kappa shape index (κ3) is 3.03. The van der Waals surface area contributed by atoms with Gasteiger partial charge in [0.15, 0.2) is 0 Å². The number of benzene rings is 1. The summed E-state index contributed by atoms with van der Waals surface area (Å²) in [4.78, 5) is 0. The molecule has 1 rings (SSSR count). The van der Waals surface area contributed by atoms with Gasteiger partial charge in [0.05, 0.1) is 24.9 Å². The van der Waals surface area contributed by atoms with Crippen LogP contribution in [-0.2, 0) is 0 Å². The molecular weight excluding hydrogens is 226 g/mol. The van der Waals surface area contributed by atoms with Crippen molar-refractivity contribution in [3.05, 3.63) is 22.7 Å². The van der Waals surface area contributed by atoms with Crippen LogP contribution in [0.5, 0.6) is 5.75 Å². The summed E-state index contributed by atoms with van der Waals surface area (Å²) in [5, 5.41) is 13.1. The van der Waals surface area contributed by atoms with Crippen molar-refractivity contribution in [2.75, 3.05) is 19.0 Å². The minimum Gasteiger partial charge on any atom is -0.495 e. The zero-order chi connectivity index (χ0) is 12.3. The maximum Gasteiger partial charge on any atom is 0.143 e. The van der Waals surface area contributed by atoms with Gasteiger partial charge in [-0.1, -0.05) is 11.6 Å². The van der Waals surface area contributed by atoms with Gasteiger partial charge in [-0.05, 0) is 32.4 Å². The number of hydrogen-bond acceptors (Lipinski definition) is 3. The van der Waals surface area contributed by atoms with E-state index in [4.69, 9.17) is 16.3 Å². The number of aryl methyl sites for hydroxylation is 1. The van der Waals surface area contributed by atoms with Crippen molar-refractivity contribution in [3.8, 4) is 5.75 Å². The molecule has 1 aromatic rings.